The monoisotopic (exact) mass is 553 g/mol. The lowest BCUT2D eigenvalue weighted by atomic mass is 10.0. The van der Waals surface area contributed by atoms with Gasteiger partial charge in [0, 0.05) is 13.0 Å². The Morgan fingerprint density at radius 2 is 1.36 bits per heavy atom. The Bertz CT molecular complexity index is 950. The van der Waals surface area contributed by atoms with Gasteiger partial charge in [-0.1, -0.05) is 40.2 Å². The minimum absolute atomic E-state index is 0.00274. The third-order valence-corrected chi connectivity index (χ3v) is 6.07. The van der Waals surface area contributed by atoms with Crippen LogP contribution < -0.4 is 14.8 Å². The highest BCUT2D eigenvalue weighted by molar-refractivity contribution is 5.74. The number of rotatable bonds is 16. The fourth-order valence-corrected chi connectivity index (χ4v) is 3.10. The zero-order valence-electron chi connectivity index (χ0n) is 24.0. The highest BCUT2D eigenvalue weighted by atomic mass is 16.7. The zero-order valence-corrected chi connectivity index (χ0v) is 24.0. The van der Waals surface area contributed by atoms with E-state index in [9.17, 15) is 24.3 Å². The number of ether oxygens (including phenoxy) is 5. The summed E-state index contributed by atoms with van der Waals surface area (Å²) in [5.41, 5.74) is 0.477. The van der Waals surface area contributed by atoms with Crippen LogP contribution in [-0.4, -0.2) is 60.3 Å². The van der Waals surface area contributed by atoms with Crippen LogP contribution in [0.15, 0.2) is 18.2 Å². The summed E-state index contributed by atoms with van der Waals surface area (Å²) >= 11 is 0. The van der Waals surface area contributed by atoms with E-state index in [2.05, 4.69) is 5.32 Å². The normalized spacial score (nSPS) is 14.7. The summed E-state index contributed by atoms with van der Waals surface area (Å²) in [7, 11) is 0. The van der Waals surface area contributed by atoms with Gasteiger partial charge in [-0.3, -0.25) is 9.59 Å². The van der Waals surface area contributed by atoms with Gasteiger partial charge in [0.2, 0.25) is 0 Å². The smallest absolute Gasteiger partial charge is 0.480 e. The summed E-state index contributed by atoms with van der Waals surface area (Å²) in [5.74, 6) is -1.47. The molecule has 0 aromatic heterocycles. The van der Waals surface area contributed by atoms with Gasteiger partial charge >= 0.3 is 24.2 Å². The maximum absolute atomic E-state index is 12.3. The van der Waals surface area contributed by atoms with Gasteiger partial charge in [0.05, 0.1) is 0 Å². The molecule has 0 fully saturated rings. The lowest BCUT2D eigenvalue weighted by Crippen LogP contribution is -2.42. The standard InChI is InChI=1S/C28H43NO10/c1-8-17(4)13-25(30)35-20(7)16-29-22(26(31)32)14-21-11-12-23(38-27(33)36-18(5)9-2)24(15-21)39-28(34)37-19(6)10-3/h11-12,15,17-20,22,29H,8-10,13-14,16H2,1-7H3,(H,31,32)/t17?,18?,19?,20?,22-/m0/s1. The van der Waals surface area contributed by atoms with E-state index < -0.39 is 36.5 Å². The van der Waals surface area contributed by atoms with Crippen LogP contribution in [-0.2, 0) is 30.2 Å². The number of esters is 1. The predicted octanol–water partition coefficient (Wildman–Crippen LogP) is 5.27. The molecule has 4 unspecified atom stereocenters. The molecule has 1 aromatic carbocycles. The first-order valence-corrected chi connectivity index (χ1v) is 13.4. The molecule has 11 nitrogen and oxygen atoms in total. The zero-order chi connectivity index (χ0) is 29.5. The molecule has 39 heavy (non-hydrogen) atoms. The maximum atomic E-state index is 12.3. The topological polar surface area (TPSA) is 147 Å². The number of carboxylic acid groups (broad SMARTS) is 1. The molecule has 0 aliphatic carbocycles. The molecule has 2 N–H and O–H groups in total. The quantitative estimate of drug-likeness (QED) is 0.157. The first kappa shape index (κ1) is 33.7. The highest BCUT2D eigenvalue weighted by Gasteiger charge is 2.23. The minimum Gasteiger partial charge on any atom is -0.480 e. The molecular weight excluding hydrogens is 510 g/mol. The van der Waals surface area contributed by atoms with Crippen molar-refractivity contribution in [3.63, 3.8) is 0 Å². The minimum atomic E-state index is -1.12. The summed E-state index contributed by atoms with van der Waals surface area (Å²) in [6.07, 6.45) is -0.992. The molecule has 0 spiro atoms. The first-order valence-electron chi connectivity index (χ1n) is 13.4. The Morgan fingerprint density at radius 3 is 1.87 bits per heavy atom. The van der Waals surface area contributed by atoms with Crippen LogP contribution in [0.2, 0.25) is 0 Å². The first-order chi connectivity index (χ1) is 18.4. The molecule has 0 aliphatic heterocycles. The van der Waals surface area contributed by atoms with E-state index in [1.54, 1.807) is 26.8 Å². The van der Waals surface area contributed by atoms with Crippen molar-refractivity contribution in [2.75, 3.05) is 6.54 Å². The molecule has 0 radical (unpaired) electrons. The van der Waals surface area contributed by atoms with Gasteiger partial charge in [0.25, 0.3) is 0 Å². The van der Waals surface area contributed by atoms with Crippen LogP contribution in [0, 0.1) is 5.92 Å². The molecule has 0 amide bonds. The fourth-order valence-electron chi connectivity index (χ4n) is 3.10. The largest absolute Gasteiger partial charge is 0.514 e. The Balaban J connectivity index is 3.00. The molecule has 0 saturated carbocycles. The summed E-state index contributed by atoms with van der Waals surface area (Å²) in [6.45, 7) is 12.8. The third-order valence-electron chi connectivity index (χ3n) is 6.07. The van der Waals surface area contributed by atoms with E-state index in [1.165, 1.54) is 12.1 Å². The van der Waals surface area contributed by atoms with E-state index in [1.807, 2.05) is 27.7 Å². The molecule has 0 aliphatic rings. The molecule has 5 atom stereocenters. The molecule has 0 heterocycles. The number of carbonyl (C=O) groups excluding carboxylic acids is 3. The molecular formula is C28H43NO10. The highest BCUT2D eigenvalue weighted by Crippen LogP contribution is 2.30. The number of carboxylic acids is 1. The van der Waals surface area contributed by atoms with Crippen LogP contribution in [0.25, 0.3) is 0 Å². The van der Waals surface area contributed by atoms with Crippen LogP contribution in [0.5, 0.6) is 11.5 Å². The summed E-state index contributed by atoms with van der Waals surface area (Å²) < 4.78 is 26.2. The lowest BCUT2D eigenvalue weighted by Gasteiger charge is -2.20. The second-order valence-corrected chi connectivity index (χ2v) is 9.68. The van der Waals surface area contributed by atoms with Crippen LogP contribution >= 0.6 is 0 Å². The SMILES string of the molecule is CCC(C)CC(=O)OC(C)CN[C@@H](Cc1ccc(OC(=O)OC(C)CC)c(OC(=O)OC(C)CC)c1)C(=O)O. The van der Waals surface area contributed by atoms with Crippen molar-refractivity contribution in [2.24, 2.45) is 5.92 Å². The molecule has 0 bridgehead atoms. The molecule has 220 valence electrons. The van der Waals surface area contributed by atoms with Crippen LogP contribution in [0.4, 0.5) is 9.59 Å². The van der Waals surface area contributed by atoms with E-state index in [0.29, 0.717) is 24.8 Å². The molecule has 11 heteroatoms. The molecule has 1 aromatic rings. The van der Waals surface area contributed by atoms with Crippen molar-refractivity contribution in [2.45, 2.75) is 105 Å². The Kier molecular flexibility index (Phi) is 14.9. The second-order valence-electron chi connectivity index (χ2n) is 9.68. The number of benzene rings is 1. The summed E-state index contributed by atoms with van der Waals surface area (Å²) in [4.78, 5) is 48.4. The number of hydrogen-bond acceptors (Lipinski definition) is 10. The van der Waals surface area contributed by atoms with Crippen molar-refractivity contribution in [3.05, 3.63) is 23.8 Å². The van der Waals surface area contributed by atoms with Gasteiger partial charge in [-0.2, -0.15) is 0 Å². The average molecular weight is 554 g/mol. The number of nitrogens with one attached hydrogen (secondary N) is 1. The van der Waals surface area contributed by atoms with Gasteiger partial charge in [-0.05, 0) is 63.6 Å². The number of hydrogen-bond donors (Lipinski definition) is 2. The van der Waals surface area contributed by atoms with Crippen molar-refractivity contribution in [1.82, 2.24) is 5.32 Å². The predicted molar refractivity (Wildman–Crippen MR) is 143 cm³/mol. The lowest BCUT2D eigenvalue weighted by molar-refractivity contribution is -0.149. The Morgan fingerprint density at radius 1 is 0.795 bits per heavy atom. The van der Waals surface area contributed by atoms with Crippen LogP contribution in [0.1, 0.15) is 79.7 Å². The van der Waals surface area contributed by atoms with Crippen molar-refractivity contribution in [3.8, 4) is 11.5 Å². The number of carbonyl (C=O) groups is 4. The Labute approximate surface area is 230 Å². The van der Waals surface area contributed by atoms with Crippen LogP contribution in [0.3, 0.4) is 0 Å². The van der Waals surface area contributed by atoms with Gasteiger partial charge in [-0.15, -0.1) is 0 Å². The van der Waals surface area contributed by atoms with Gasteiger partial charge in [0.15, 0.2) is 11.5 Å². The second kappa shape index (κ2) is 17.3. The van der Waals surface area contributed by atoms with Crippen molar-refractivity contribution >= 4 is 24.2 Å². The van der Waals surface area contributed by atoms with Crippen molar-refractivity contribution < 1.29 is 48.0 Å². The maximum Gasteiger partial charge on any atom is 0.514 e. The third kappa shape index (κ3) is 13.3. The van der Waals surface area contributed by atoms with E-state index >= 15 is 0 Å². The Hall–Kier alpha value is -3.34. The van der Waals surface area contributed by atoms with E-state index in [4.69, 9.17) is 23.7 Å². The average Bonchev–Trinajstić information content (AvgIpc) is 2.87. The van der Waals surface area contributed by atoms with Gasteiger partial charge < -0.3 is 34.1 Å². The number of aliphatic carboxylic acids is 1. The van der Waals surface area contributed by atoms with Gasteiger partial charge in [-0.25, -0.2) is 9.59 Å². The fraction of sp³-hybridized carbons (Fsp3) is 0.643. The van der Waals surface area contributed by atoms with E-state index in [-0.39, 0.29) is 42.5 Å². The van der Waals surface area contributed by atoms with Crippen molar-refractivity contribution in [1.29, 1.82) is 0 Å². The van der Waals surface area contributed by atoms with Gasteiger partial charge in [0.1, 0.15) is 24.4 Å². The summed E-state index contributed by atoms with van der Waals surface area (Å²) in [5, 5.41) is 12.6. The summed E-state index contributed by atoms with van der Waals surface area (Å²) in [6, 6.07) is 3.29. The molecule has 1 rings (SSSR count). The molecule has 0 saturated heterocycles. The van der Waals surface area contributed by atoms with E-state index in [0.717, 1.165) is 6.42 Å².